The van der Waals surface area contributed by atoms with E-state index < -0.39 is 17.7 Å². The molecule has 0 bridgehead atoms. The summed E-state index contributed by atoms with van der Waals surface area (Å²) in [4.78, 5) is 30.3. The Bertz CT molecular complexity index is 1380. The second-order valence-electron chi connectivity index (χ2n) is 8.88. The lowest BCUT2D eigenvalue weighted by molar-refractivity contribution is -0.132. The van der Waals surface area contributed by atoms with Crippen LogP contribution in [0.2, 0.25) is 0 Å². The summed E-state index contributed by atoms with van der Waals surface area (Å²) in [5.41, 5.74) is 3.27. The normalized spacial score (nSPS) is 16.6. The number of methoxy groups -OCH3 is 3. The smallest absolute Gasteiger partial charge is 0.300 e. The summed E-state index contributed by atoms with van der Waals surface area (Å²) in [5, 5.41) is 11.4. The highest BCUT2D eigenvalue weighted by atomic mass is 16.5. The molecule has 1 saturated heterocycles. The van der Waals surface area contributed by atoms with Gasteiger partial charge in [-0.1, -0.05) is 12.1 Å². The summed E-state index contributed by atoms with van der Waals surface area (Å²) in [6.45, 7) is 1.84. The molecule has 8 heteroatoms. The van der Waals surface area contributed by atoms with Crippen molar-refractivity contribution in [3.05, 3.63) is 82.9 Å². The molecule has 3 aromatic rings. The van der Waals surface area contributed by atoms with Gasteiger partial charge in [0, 0.05) is 37.1 Å². The fraction of sp³-hybridized carbons (Fsp3) is 0.241. The van der Waals surface area contributed by atoms with Gasteiger partial charge in [-0.2, -0.15) is 0 Å². The Morgan fingerprint density at radius 3 is 2.03 bits per heavy atom. The van der Waals surface area contributed by atoms with E-state index in [-0.39, 0.29) is 11.3 Å². The van der Waals surface area contributed by atoms with Crippen molar-refractivity contribution < 1.29 is 28.9 Å². The molecule has 37 heavy (non-hydrogen) atoms. The van der Waals surface area contributed by atoms with Gasteiger partial charge in [-0.3, -0.25) is 14.5 Å². The number of aryl methyl sites for hydroxylation is 1. The van der Waals surface area contributed by atoms with E-state index in [2.05, 4.69) is 0 Å². The molecule has 192 valence electrons. The molecule has 1 aliphatic rings. The molecule has 1 atom stereocenters. The minimum absolute atomic E-state index is 0.00181. The molecule has 1 heterocycles. The van der Waals surface area contributed by atoms with Gasteiger partial charge < -0.3 is 24.2 Å². The summed E-state index contributed by atoms with van der Waals surface area (Å²) in [6, 6.07) is 16.8. The number of ether oxygens (including phenoxy) is 3. The maximum absolute atomic E-state index is 13.5. The van der Waals surface area contributed by atoms with Gasteiger partial charge in [0.15, 0.2) is 11.5 Å². The van der Waals surface area contributed by atoms with Crippen LogP contribution < -0.4 is 24.0 Å². The van der Waals surface area contributed by atoms with E-state index in [1.165, 1.54) is 19.1 Å². The Balaban J connectivity index is 1.94. The first-order chi connectivity index (χ1) is 17.7. The maximum Gasteiger partial charge on any atom is 0.300 e. The predicted octanol–water partition coefficient (Wildman–Crippen LogP) is 4.71. The lowest BCUT2D eigenvalue weighted by Crippen LogP contribution is -2.29. The van der Waals surface area contributed by atoms with Crippen LogP contribution >= 0.6 is 0 Å². The number of nitrogens with zero attached hydrogens (tertiary/aromatic N) is 2. The number of aliphatic hydroxyl groups is 1. The number of anilines is 2. The van der Waals surface area contributed by atoms with Crippen molar-refractivity contribution in [2.45, 2.75) is 13.0 Å². The Morgan fingerprint density at radius 1 is 0.838 bits per heavy atom. The number of carbonyl (C=O) groups is 2. The number of carbonyl (C=O) groups excluding carboxylic acids is 2. The minimum atomic E-state index is -0.864. The van der Waals surface area contributed by atoms with Gasteiger partial charge in [0.25, 0.3) is 11.7 Å². The van der Waals surface area contributed by atoms with Gasteiger partial charge in [0.05, 0.1) is 32.9 Å². The van der Waals surface area contributed by atoms with Crippen LogP contribution in [0.3, 0.4) is 0 Å². The van der Waals surface area contributed by atoms with Crippen LogP contribution in [0.15, 0.2) is 66.2 Å². The van der Waals surface area contributed by atoms with Crippen molar-refractivity contribution in [2.24, 2.45) is 0 Å². The fourth-order valence-electron chi connectivity index (χ4n) is 4.52. The van der Waals surface area contributed by atoms with Crippen molar-refractivity contribution in [2.75, 3.05) is 45.2 Å². The molecule has 0 spiro atoms. The van der Waals surface area contributed by atoms with Crippen LogP contribution in [0.5, 0.6) is 17.2 Å². The van der Waals surface area contributed by atoms with E-state index in [1.807, 2.05) is 50.2 Å². The molecule has 1 fully saturated rings. The zero-order valence-electron chi connectivity index (χ0n) is 21.7. The zero-order chi connectivity index (χ0) is 26.9. The average molecular weight is 503 g/mol. The number of Topliss-reactive ketones (excluding diaryl/α,β-unsaturated/α-hetero) is 1. The molecule has 4 rings (SSSR count). The van der Waals surface area contributed by atoms with Crippen molar-refractivity contribution >= 4 is 28.8 Å². The molecule has 0 aliphatic carbocycles. The second kappa shape index (κ2) is 10.3. The molecular formula is C29H30N2O6. The van der Waals surface area contributed by atoms with Crippen LogP contribution in [0.4, 0.5) is 11.4 Å². The average Bonchev–Trinajstić information content (AvgIpc) is 3.17. The lowest BCUT2D eigenvalue weighted by Gasteiger charge is -2.26. The molecule has 0 radical (unpaired) electrons. The Hall–Kier alpha value is -4.46. The highest BCUT2D eigenvalue weighted by Crippen LogP contribution is 2.44. The third-order valence-corrected chi connectivity index (χ3v) is 6.48. The van der Waals surface area contributed by atoms with Crippen molar-refractivity contribution in [1.29, 1.82) is 0 Å². The van der Waals surface area contributed by atoms with Gasteiger partial charge in [-0.25, -0.2) is 0 Å². The predicted molar refractivity (Wildman–Crippen MR) is 143 cm³/mol. The highest BCUT2D eigenvalue weighted by Gasteiger charge is 2.47. The highest BCUT2D eigenvalue weighted by molar-refractivity contribution is 6.51. The van der Waals surface area contributed by atoms with Crippen LogP contribution in [0, 0.1) is 6.92 Å². The molecule has 0 saturated carbocycles. The first kappa shape index (κ1) is 25.6. The quantitative estimate of drug-likeness (QED) is 0.284. The van der Waals surface area contributed by atoms with E-state index in [1.54, 1.807) is 43.5 Å². The molecule has 0 aromatic heterocycles. The van der Waals surface area contributed by atoms with Crippen molar-refractivity contribution in [3.8, 4) is 17.2 Å². The van der Waals surface area contributed by atoms with Crippen molar-refractivity contribution in [3.63, 3.8) is 0 Å². The molecule has 3 aromatic carbocycles. The summed E-state index contributed by atoms with van der Waals surface area (Å²) in [6.07, 6.45) is 0. The van der Waals surface area contributed by atoms with Gasteiger partial charge in [0.2, 0.25) is 0 Å². The minimum Gasteiger partial charge on any atom is -0.507 e. The first-order valence-electron chi connectivity index (χ1n) is 11.7. The molecular weight excluding hydrogens is 472 g/mol. The van der Waals surface area contributed by atoms with E-state index in [4.69, 9.17) is 14.2 Å². The molecule has 1 N–H and O–H groups in total. The molecule has 8 nitrogen and oxygen atoms in total. The molecule has 1 amide bonds. The Morgan fingerprint density at radius 2 is 1.46 bits per heavy atom. The molecule has 1 aliphatic heterocycles. The summed E-state index contributed by atoms with van der Waals surface area (Å²) in [7, 11) is 8.44. The Kier molecular flexibility index (Phi) is 7.11. The summed E-state index contributed by atoms with van der Waals surface area (Å²) in [5.74, 6) is -0.229. The van der Waals surface area contributed by atoms with Crippen LogP contribution in [-0.2, 0) is 9.59 Å². The second-order valence-corrected chi connectivity index (χ2v) is 8.88. The van der Waals surface area contributed by atoms with Crippen LogP contribution in [0.25, 0.3) is 5.76 Å². The largest absolute Gasteiger partial charge is 0.507 e. The van der Waals surface area contributed by atoms with Crippen molar-refractivity contribution in [1.82, 2.24) is 0 Å². The third-order valence-electron chi connectivity index (χ3n) is 6.48. The monoisotopic (exact) mass is 502 g/mol. The summed E-state index contributed by atoms with van der Waals surface area (Å²) >= 11 is 0. The molecule has 1 unspecified atom stereocenters. The number of ketones is 1. The van der Waals surface area contributed by atoms with Crippen LogP contribution in [0.1, 0.15) is 22.7 Å². The van der Waals surface area contributed by atoms with E-state index >= 15 is 0 Å². The number of aliphatic hydroxyl groups excluding tert-OH is 1. The first-order valence-corrected chi connectivity index (χ1v) is 11.7. The topological polar surface area (TPSA) is 88.5 Å². The number of hydrogen-bond donors (Lipinski definition) is 1. The Labute approximate surface area is 216 Å². The SMILES string of the molecule is COc1ccc(/C(O)=C2\C(=O)C(=O)N(c3ccc(OC)c(OC)c3)C2c2ccc(N(C)C)cc2)cc1C. The van der Waals surface area contributed by atoms with E-state index in [9.17, 15) is 14.7 Å². The fourth-order valence-corrected chi connectivity index (χ4v) is 4.52. The third kappa shape index (κ3) is 4.58. The number of hydrogen-bond acceptors (Lipinski definition) is 7. The van der Waals surface area contributed by atoms with E-state index in [0.29, 0.717) is 34.1 Å². The lowest BCUT2D eigenvalue weighted by atomic mass is 9.94. The standard InChI is InChI=1S/C29H30N2O6/c1-17-15-19(9-13-22(17)35-4)27(32)25-26(18-7-10-20(11-8-18)30(2)3)31(29(34)28(25)33)21-12-14-23(36-5)24(16-21)37-6/h7-16,26,32H,1-6H3/b27-25+. The van der Waals surface area contributed by atoms with Gasteiger partial charge in [0.1, 0.15) is 11.5 Å². The number of amides is 1. The van der Waals surface area contributed by atoms with Crippen LogP contribution in [-0.4, -0.2) is 52.2 Å². The summed E-state index contributed by atoms with van der Waals surface area (Å²) < 4.78 is 16.1. The number of benzene rings is 3. The zero-order valence-corrected chi connectivity index (χ0v) is 21.7. The number of rotatable bonds is 7. The van der Waals surface area contributed by atoms with Gasteiger partial charge in [-0.15, -0.1) is 0 Å². The van der Waals surface area contributed by atoms with Gasteiger partial charge in [-0.05, 0) is 60.5 Å². The van der Waals surface area contributed by atoms with E-state index in [0.717, 1.165) is 11.3 Å². The van der Waals surface area contributed by atoms with Gasteiger partial charge >= 0.3 is 0 Å². The maximum atomic E-state index is 13.5.